The second kappa shape index (κ2) is 7.57. The molecule has 0 aliphatic carbocycles. The van der Waals surface area contributed by atoms with Crippen molar-refractivity contribution < 1.29 is 9.84 Å². The van der Waals surface area contributed by atoms with Crippen LogP contribution in [0.25, 0.3) is 0 Å². The van der Waals surface area contributed by atoms with E-state index in [-0.39, 0.29) is 6.61 Å². The van der Waals surface area contributed by atoms with Gasteiger partial charge in [-0.2, -0.15) is 0 Å². The van der Waals surface area contributed by atoms with Gasteiger partial charge in [0.25, 0.3) is 0 Å². The number of aromatic nitrogens is 2. The lowest BCUT2D eigenvalue weighted by atomic mass is 10.2. The Hall–Kier alpha value is -1.98. The first-order chi connectivity index (χ1) is 9.78. The third-order valence-electron chi connectivity index (χ3n) is 2.90. The van der Waals surface area contributed by atoms with Crippen LogP contribution in [0.3, 0.4) is 0 Å². The first kappa shape index (κ1) is 14.4. The minimum atomic E-state index is 0.207. The van der Waals surface area contributed by atoms with Crippen LogP contribution in [0, 0.1) is 0 Å². The van der Waals surface area contributed by atoms with Crippen LogP contribution in [0.5, 0.6) is 11.6 Å². The van der Waals surface area contributed by atoms with Crippen LogP contribution in [0.4, 0.5) is 0 Å². The minimum Gasteiger partial charge on any atom is -0.438 e. The number of nitrogens with zero attached hydrogens (tertiary/aromatic N) is 2. The van der Waals surface area contributed by atoms with Gasteiger partial charge in [-0.15, -0.1) is 0 Å². The zero-order chi connectivity index (χ0) is 14.2. The molecule has 0 amide bonds. The molecule has 0 aliphatic rings. The molecule has 1 heterocycles. The van der Waals surface area contributed by atoms with Crippen LogP contribution >= 0.6 is 0 Å². The van der Waals surface area contributed by atoms with Gasteiger partial charge in [0.05, 0.1) is 6.20 Å². The molecule has 0 fully saturated rings. The highest BCUT2D eigenvalue weighted by Gasteiger charge is 2.02. The highest BCUT2D eigenvalue weighted by molar-refractivity contribution is 5.29. The first-order valence-electron chi connectivity index (χ1n) is 6.65. The third-order valence-corrected chi connectivity index (χ3v) is 2.90. The maximum atomic E-state index is 8.84. The maximum absolute atomic E-state index is 8.84. The van der Waals surface area contributed by atoms with E-state index in [1.807, 2.05) is 24.3 Å². The fourth-order valence-electron chi connectivity index (χ4n) is 1.72. The Morgan fingerprint density at radius 3 is 2.70 bits per heavy atom. The van der Waals surface area contributed by atoms with Gasteiger partial charge in [0, 0.05) is 31.6 Å². The van der Waals surface area contributed by atoms with E-state index in [1.54, 1.807) is 18.6 Å². The molecule has 20 heavy (non-hydrogen) atoms. The molecule has 0 aliphatic heterocycles. The highest BCUT2D eigenvalue weighted by atomic mass is 16.5. The number of rotatable bonds is 7. The number of aliphatic hydroxyl groups is 1. The zero-order valence-corrected chi connectivity index (χ0v) is 11.5. The summed E-state index contributed by atoms with van der Waals surface area (Å²) in [5, 5.41) is 12.2. The van der Waals surface area contributed by atoms with Gasteiger partial charge in [-0.05, 0) is 31.0 Å². The van der Waals surface area contributed by atoms with E-state index >= 15 is 0 Å². The second-order valence-corrected chi connectivity index (χ2v) is 4.58. The molecule has 2 N–H and O–H groups in total. The Labute approximate surface area is 118 Å². The summed E-state index contributed by atoms with van der Waals surface area (Å²) in [5.74, 6) is 1.22. The summed E-state index contributed by atoms with van der Waals surface area (Å²) >= 11 is 0. The zero-order valence-electron chi connectivity index (χ0n) is 11.5. The molecule has 1 unspecified atom stereocenters. The molecule has 1 aromatic heterocycles. The van der Waals surface area contributed by atoms with Crippen molar-refractivity contribution in [1.82, 2.24) is 15.3 Å². The number of hydrogen-bond donors (Lipinski definition) is 2. The van der Waals surface area contributed by atoms with Crippen molar-refractivity contribution in [3.8, 4) is 11.6 Å². The van der Waals surface area contributed by atoms with Crippen molar-refractivity contribution in [1.29, 1.82) is 0 Å². The summed E-state index contributed by atoms with van der Waals surface area (Å²) in [6.45, 7) is 3.04. The molecular formula is C15H19N3O2. The summed E-state index contributed by atoms with van der Waals surface area (Å²) in [4.78, 5) is 8.00. The van der Waals surface area contributed by atoms with Gasteiger partial charge >= 0.3 is 0 Å². The van der Waals surface area contributed by atoms with Crippen molar-refractivity contribution in [2.45, 2.75) is 25.9 Å². The second-order valence-electron chi connectivity index (χ2n) is 4.58. The van der Waals surface area contributed by atoms with E-state index < -0.39 is 0 Å². The van der Waals surface area contributed by atoms with Gasteiger partial charge in [-0.1, -0.05) is 12.1 Å². The molecule has 5 nitrogen and oxygen atoms in total. The lowest BCUT2D eigenvalue weighted by molar-refractivity contribution is 0.268. The number of nitrogens with one attached hydrogen (secondary N) is 1. The fourth-order valence-corrected chi connectivity index (χ4v) is 1.72. The Bertz CT molecular complexity index is 502. The summed E-state index contributed by atoms with van der Waals surface area (Å²) < 4.78 is 5.57. The van der Waals surface area contributed by atoms with Crippen LogP contribution in [0.2, 0.25) is 0 Å². The Balaban J connectivity index is 1.87. The summed E-state index contributed by atoms with van der Waals surface area (Å²) in [6, 6.07) is 8.12. The van der Waals surface area contributed by atoms with E-state index in [0.29, 0.717) is 11.9 Å². The van der Waals surface area contributed by atoms with E-state index in [2.05, 4.69) is 22.2 Å². The highest BCUT2D eigenvalue weighted by Crippen LogP contribution is 2.18. The monoisotopic (exact) mass is 273 g/mol. The standard InChI is InChI=1S/C15H19N3O2/c1-12(6-9-19)18-10-13-2-4-14(5-3-13)20-15-11-16-7-8-17-15/h2-5,7-8,11-12,18-19H,6,9-10H2,1H3. The minimum absolute atomic E-state index is 0.207. The van der Waals surface area contributed by atoms with Crippen molar-refractivity contribution in [2.75, 3.05) is 6.61 Å². The number of hydrogen-bond acceptors (Lipinski definition) is 5. The lowest BCUT2D eigenvalue weighted by Gasteiger charge is -2.12. The number of benzene rings is 1. The van der Waals surface area contributed by atoms with Crippen molar-refractivity contribution >= 4 is 0 Å². The molecule has 2 aromatic rings. The van der Waals surface area contributed by atoms with Gasteiger partial charge in [-0.25, -0.2) is 4.98 Å². The predicted molar refractivity (Wildman–Crippen MR) is 76.6 cm³/mol. The third kappa shape index (κ3) is 4.60. The van der Waals surface area contributed by atoms with Crippen molar-refractivity contribution in [2.24, 2.45) is 0 Å². The lowest BCUT2D eigenvalue weighted by Crippen LogP contribution is -2.26. The van der Waals surface area contributed by atoms with Gasteiger partial charge in [0.1, 0.15) is 5.75 Å². The average Bonchev–Trinajstić information content (AvgIpc) is 2.48. The molecule has 1 aromatic carbocycles. The molecular weight excluding hydrogens is 254 g/mol. The topological polar surface area (TPSA) is 67.3 Å². The van der Waals surface area contributed by atoms with Crippen molar-refractivity contribution in [3.63, 3.8) is 0 Å². The predicted octanol–water partition coefficient (Wildman–Crippen LogP) is 2.13. The molecule has 0 radical (unpaired) electrons. The van der Waals surface area contributed by atoms with Crippen LogP contribution in [0.15, 0.2) is 42.9 Å². The summed E-state index contributed by atoms with van der Waals surface area (Å²) in [5.41, 5.74) is 1.17. The fraction of sp³-hybridized carbons (Fsp3) is 0.333. The van der Waals surface area contributed by atoms with Gasteiger partial charge < -0.3 is 15.2 Å². The van der Waals surface area contributed by atoms with Gasteiger partial charge in [0.2, 0.25) is 5.88 Å². The molecule has 2 rings (SSSR count). The van der Waals surface area contributed by atoms with Crippen LogP contribution in [0.1, 0.15) is 18.9 Å². The van der Waals surface area contributed by atoms with E-state index in [1.165, 1.54) is 5.56 Å². The average molecular weight is 273 g/mol. The van der Waals surface area contributed by atoms with Gasteiger partial charge in [0.15, 0.2) is 0 Å². The molecule has 0 bridgehead atoms. The summed E-state index contributed by atoms with van der Waals surface area (Å²) in [6.07, 6.45) is 5.53. The Kier molecular flexibility index (Phi) is 5.46. The van der Waals surface area contributed by atoms with E-state index in [9.17, 15) is 0 Å². The molecule has 1 atom stereocenters. The van der Waals surface area contributed by atoms with Crippen LogP contribution < -0.4 is 10.1 Å². The molecule has 0 saturated heterocycles. The molecule has 0 saturated carbocycles. The Morgan fingerprint density at radius 1 is 1.25 bits per heavy atom. The molecule has 106 valence electrons. The number of aliphatic hydroxyl groups excluding tert-OH is 1. The van der Waals surface area contributed by atoms with Crippen LogP contribution in [-0.2, 0) is 6.54 Å². The van der Waals surface area contributed by atoms with E-state index in [0.717, 1.165) is 18.7 Å². The quantitative estimate of drug-likeness (QED) is 0.809. The van der Waals surface area contributed by atoms with Crippen LogP contribution in [-0.4, -0.2) is 27.7 Å². The van der Waals surface area contributed by atoms with Gasteiger partial charge in [-0.3, -0.25) is 4.98 Å². The molecule has 5 heteroatoms. The SMILES string of the molecule is CC(CCO)NCc1ccc(Oc2cnccn2)cc1. The summed E-state index contributed by atoms with van der Waals surface area (Å²) in [7, 11) is 0. The largest absolute Gasteiger partial charge is 0.438 e. The number of ether oxygens (including phenoxy) is 1. The van der Waals surface area contributed by atoms with Crippen molar-refractivity contribution in [3.05, 3.63) is 48.4 Å². The molecule has 0 spiro atoms. The smallest absolute Gasteiger partial charge is 0.237 e. The normalized spacial score (nSPS) is 12.1. The Morgan fingerprint density at radius 2 is 2.05 bits per heavy atom. The first-order valence-corrected chi connectivity index (χ1v) is 6.65. The maximum Gasteiger partial charge on any atom is 0.237 e. The van der Waals surface area contributed by atoms with E-state index in [4.69, 9.17) is 9.84 Å².